The number of hydrogen-bond donors (Lipinski definition) is 2. The molecule has 0 heterocycles. The maximum atomic E-state index is 9.30. The van der Waals surface area contributed by atoms with Gasteiger partial charge >= 0.3 is 0 Å². The third-order valence-electron chi connectivity index (χ3n) is 3.13. The number of aromatic hydroxyl groups is 1. The molecule has 0 radical (unpaired) electrons. The van der Waals surface area contributed by atoms with E-state index in [4.69, 9.17) is 0 Å². The van der Waals surface area contributed by atoms with Crippen molar-refractivity contribution < 1.29 is 5.11 Å². The lowest BCUT2D eigenvalue weighted by Crippen LogP contribution is -2.27. The van der Waals surface area contributed by atoms with E-state index < -0.39 is 0 Å². The number of rotatable bonds is 7. The van der Waals surface area contributed by atoms with Gasteiger partial charge in [0.2, 0.25) is 0 Å². The van der Waals surface area contributed by atoms with Crippen LogP contribution in [-0.2, 0) is 0 Å². The van der Waals surface area contributed by atoms with Crippen LogP contribution in [0.25, 0.3) is 0 Å². The molecule has 0 amide bonds. The first kappa shape index (κ1) is 14.0. The molecule has 0 aliphatic rings. The van der Waals surface area contributed by atoms with E-state index in [2.05, 4.69) is 24.2 Å². The first-order valence-corrected chi connectivity index (χ1v) is 6.32. The van der Waals surface area contributed by atoms with Crippen molar-refractivity contribution in [2.45, 2.75) is 25.8 Å². The van der Waals surface area contributed by atoms with Crippen molar-refractivity contribution in [2.24, 2.45) is 0 Å². The Bertz CT molecular complexity index is 311. The summed E-state index contributed by atoms with van der Waals surface area (Å²) >= 11 is 0. The molecule has 1 unspecified atom stereocenters. The molecule has 1 aromatic carbocycles. The average molecular weight is 236 g/mol. The molecule has 17 heavy (non-hydrogen) atoms. The van der Waals surface area contributed by atoms with E-state index in [-0.39, 0.29) is 0 Å². The molecule has 0 saturated heterocycles. The average Bonchev–Trinajstić information content (AvgIpc) is 2.33. The minimum Gasteiger partial charge on any atom is -0.508 e. The second-order valence-corrected chi connectivity index (χ2v) is 4.45. The monoisotopic (exact) mass is 236 g/mol. The van der Waals surface area contributed by atoms with Crippen LogP contribution in [0.2, 0.25) is 0 Å². The fraction of sp³-hybridized carbons (Fsp3) is 0.571. The molecule has 2 N–H and O–H groups in total. The van der Waals surface area contributed by atoms with Gasteiger partial charge in [-0.15, -0.1) is 0 Å². The lowest BCUT2D eigenvalue weighted by atomic mass is 10.0. The summed E-state index contributed by atoms with van der Waals surface area (Å²) in [5, 5.41) is 12.5. The fourth-order valence-corrected chi connectivity index (χ4v) is 2.16. The van der Waals surface area contributed by atoms with Crippen LogP contribution < -0.4 is 5.32 Å². The normalized spacial score (nSPS) is 12.9. The fourth-order valence-electron chi connectivity index (χ4n) is 2.16. The van der Waals surface area contributed by atoms with Gasteiger partial charge in [-0.2, -0.15) is 0 Å². The lowest BCUT2D eigenvalue weighted by Gasteiger charge is -2.27. The lowest BCUT2D eigenvalue weighted by molar-refractivity contribution is 0.236. The molecule has 0 aliphatic carbocycles. The maximum absolute atomic E-state index is 9.30. The van der Waals surface area contributed by atoms with E-state index in [1.165, 1.54) is 5.56 Å². The minimum absolute atomic E-state index is 0.335. The number of nitrogens with zero attached hydrogens (tertiary/aromatic N) is 1. The quantitative estimate of drug-likeness (QED) is 0.714. The molecule has 96 valence electrons. The Morgan fingerprint density at radius 2 is 1.94 bits per heavy atom. The predicted molar refractivity (Wildman–Crippen MR) is 72.3 cm³/mol. The molecule has 0 aliphatic heterocycles. The van der Waals surface area contributed by atoms with Gasteiger partial charge in [-0.1, -0.05) is 19.1 Å². The van der Waals surface area contributed by atoms with Crippen molar-refractivity contribution in [1.29, 1.82) is 0 Å². The van der Waals surface area contributed by atoms with Crippen LogP contribution in [-0.4, -0.2) is 37.2 Å². The molecule has 0 aromatic heterocycles. The number of benzene rings is 1. The minimum atomic E-state index is 0.335. The maximum Gasteiger partial charge on any atom is 0.115 e. The third kappa shape index (κ3) is 4.36. The van der Waals surface area contributed by atoms with E-state index >= 15 is 0 Å². The van der Waals surface area contributed by atoms with E-state index in [1.54, 1.807) is 12.1 Å². The van der Waals surface area contributed by atoms with E-state index in [1.807, 2.05) is 19.2 Å². The summed E-state index contributed by atoms with van der Waals surface area (Å²) in [6.45, 7) is 4.34. The van der Waals surface area contributed by atoms with Gasteiger partial charge in [0.25, 0.3) is 0 Å². The third-order valence-corrected chi connectivity index (χ3v) is 3.13. The number of nitrogens with one attached hydrogen (secondary N) is 1. The van der Waals surface area contributed by atoms with E-state index in [0.717, 1.165) is 25.9 Å². The highest BCUT2D eigenvalue weighted by molar-refractivity contribution is 5.28. The predicted octanol–water partition coefficient (Wildman–Crippen LogP) is 2.38. The number of phenols is 1. The Morgan fingerprint density at radius 3 is 2.47 bits per heavy atom. The molecule has 1 atom stereocenters. The van der Waals surface area contributed by atoms with Crippen molar-refractivity contribution in [2.75, 3.05) is 27.2 Å². The molecular formula is C14H24N2O. The summed E-state index contributed by atoms with van der Waals surface area (Å²) in [5.74, 6) is 0.335. The molecule has 1 rings (SSSR count). The van der Waals surface area contributed by atoms with Crippen molar-refractivity contribution >= 4 is 0 Å². The Morgan fingerprint density at radius 1 is 1.29 bits per heavy atom. The summed E-state index contributed by atoms with van der Waals surface area (Å²) in [7, 11) is 4.15. The van der Waals surface area contributed by atoms with Crippen LogP contribution in [0.3, 0.4) is 0 Å². The Labute approximate surface area is 104 Å². The van der Waals surface area contributed by atoms with Crippen LogP contribution in [0, 0.1) is 0 Å². The summed E-state index contributed by atoms with van der Waals surface area (Å²) in [5.41, 5.74) is 1.28. The first-order valence-electron chi connectivity index (χ1n) is 6.32. The Balaban J connectivity index is 2.60. The van der Waals surface area contributed by atoms with Gasteiger partial charge in [0.15, 0.2) is 0 Å². The zero-order chi connectivity index (χ0) is 12.7. The molecular weight excluding hydrogens is 212 g/mol. The van der Waals surface area contributed by atoms with Crippen molar-refractivity contribution in [3.05, 3.63) is 29.8 Å². The van der Waals surface area contributed by atoms with E-state index in [9.17, 15) is 5.11 Å². The van der Waals surface area contributed by atoms with Gasteiger partial charge in [0, 0.05) is 6.04 Å². The second kappa shape index (κ2) is 7.30. The molecule has 0 fully saturated rings. The highest BCUT2D eigenvalue weighted by Gasteiger charge is 2.14. The summed E-state index contributed by atoms with van der Waals surface area (Å²) < 4.78 is 0. The Kier molecular flexibility index (Phi) is 6.01. The van der Waals surface area contributed by atoms with Crippen LogP contribution in [0.4, 0.5) is 0 Å². The number of hydrogen-bond acceptors (Lipinski definition) is 3. The van der Waals surface area contributed by atoms with Crippen LogP contribution in [0.1, 0.15) is 31.4 Å². The summed E-state index contributed by atoms with van der Waals surface area (Å²) in [6, 6.07) is 7.99. The topological polar surface area (TPSA) is 35.5 Å². The smallest absolute Gasteiger partial charge is 0.115 e. The van der Waals surface area contributed by atoms with Gasteiger partial charge in [0.1, 0.15) is 5.75 Å². The molecule has 0 bridgehead atoms. The second-order valence-electron chi connectivity index (χ2n) is 4.45. The van der Waals surface area contributed by atoms with Gasteiger partial charge in [0.05, 0.1) is 0 Å². The molecule has 1 aromatic rings. The number of phenolic OH excluding ortho intramolecular Hbond substituents is 1. The zero-order valence-electron chi connectivity index (χ0n) is 11.1. The van der Waals surface area contributed by atoms with Crippen molar-refractivity contribution in [1.82, 2.24) is 10.2 Å². The van der Waals surface area contributed by atoms with Crippen LogP contribution >= 0.6 is 0 Å². The molecule has 0 spiro atoms. The first-order chi connectivity index (χ1) is 8.19. The Hall–Kier alpha value is -1.06. The van der Waals surface area contributed by atoms with Gasteiger partial charge in [-0.05, 0) is 57.7 Å². The standard InChI is InChI=1S/C14H24N2O/c1-4-14(16(3)11-5-10-15-2)12-6-8-13(17)9-7-12/h6-9,14-15,17H,4-5,10-11H2,1-3H3. The molecule has 3 heteroatoms. The van der Waals surface area contributed by atoms with Crippen LogP contribution in [0.5, 0.6) is 5.75 Å². The SMILES string of the molecule is CCC(c1ccc(O)cc1)N(C)CCCNC. The van der Waals surface area contributed by atoms with Gasteiger partial charge in [-0.25, -0.2) is 0 Å². The summed E-state index contributed by atoms with van der Waals surface area (Å²) in [4.78, 5) is 2.38. The van der Waals surface area contributed by atoms with Crippen molar-refractivity contribution in [3.8, 4) is 5.75 Å². The van der Waals surface area contributed by atoms with Crippen molar-refractivity contribution in [3.63, 3.8) is 0 Å². The van der Waals surface area contributed by atoms with E-state index in [0.29, 0.717) is 11.8 Å². The summed E-state index contributed by atoms with van der Waals surface area (Å²) in [6.07, 6.45) is 2.24. The highest BCUT2D eigenvalue weighted by Crippen LogP contribution is 2.24. The molecule has 0 saturated carbocycles. The van der Waals surface area contributed by atoms with Crippen LogP contribution in [0.15, 0.2) is 24.3 Å². The van der Waals surface area contributed by atoms with Gasteiger partial charge in [-0.3, -0.25) is 4.90 Å². The largest absolute Gasteiger partial charge is 0.508 e. The highest BCUT2D eigenvalue weighted by atomic mass is 16.3. The van der Waals surface area contributed by atoms with Gasteiger partial charge < -0.3 is 10.4 Å². The zero-order valence-corrected chi connectivity index (χ0v) is 11.1. The molecule has 3 nitrogen and oxygen atoms in total.